The van der Waals surface area contributed by atoms with E-state index < -0.39 is 0 Å². The molecule has 0 saturated carbocycles. The molecule has 0 saturated heterocycles. The molecule has 14 heavy (non-hydrogen) atoms. The van der Waals surface area contributed by atoms with Gasteiger partial charge in [0.05, 0.1) is 0 Å². The van der Waals surface area contributed by atoms with Crippen molar-refractivity contribution in [1.29, 1.82) is 0 Å². The largest absolute Gasteiger partial charge is 0.330 e. The highest BCUT2D eigenvalue weighted by Crippen LogP contribution is 2.05. The van der Waals surface area contributed by atoms with Gasteiger partial charge in [0.1, 0.15) is 0 Å². The molecule has 0 atom stereocenters. The zero-order valence-corrected chi connectivity index (χ0v) is 8.58. The van der Waals surface area contributed by atoms with Gasteiger partial charge in [-0.15, -0.1) is 0 Å². The second-order valence-electron chi connectivity index (χ2n) is 3.16. The van der Waals surface area contributed by atoms with Crippen molar-refractivity contribution in [2.45, 2.75) is 20.3 Å². The molecule has 0 aliphatic carbocycles. The Bertz CT molecular complexity index is 327. The lowest BCUT2D eigenvalue weighted by molar-refractivity contribution is -0.118. The molecule has 0 spiro atoms. The molecule has 0 unspecified atom stereocenters. The van der Waals surface area contributed by atoms with E-state index in [4.69, 9.17) is 0 Å². The van der Waals surface area contributed by atoms with E-state index in [9.17, 15) is 4.79 Å². The van der Waals surface area contributed by atoms with Gasteiger partial charge < -0.3 is 5.32 Å². The van der Waals surface area contributed by atoms with Crippen LogP contribution in [0.15, 0.2) is 42.1 Å². The summed E-state index contributed by atoms with van der Waals surface area (Å²) in [5, 5.41) is 2.80. The Morgan fingerprint density at radius 1 is 1.36 bits per heavy atom. The third-order valence-corrected chi connectivity index (χ3v) is 1.92. The van der Waals surface area contributed by atoms with Crippen molar-refractivity contribution in [1.82, 2.24) is 5.32 Å². The van der Waals surface area contributed by atoms with Crippen LogP contribution < -0.4 is 5.32 Å². The summed E-state index contributed by atoms with van der Waals surface area (Å²) in [6, 6.07) is 10.1. The fourth-order valence-corrected chi connectivity index (χ4v) is 1.26. The first kappa shape index (κ1) is 10.5. The second-order valence-corrected chi connectivity index (χ2v) is 3.16. The van der Waals surface area contributed by atoms with Gasteiger partial charge >= 0.3 is 0 Å². The van der Waals surface area contributed by atoms with E-state index in [2.05, 4.69) is 5.32 Å². The molecule has 74 valence electrons. The van der Waals surface area contributed by atoms with E-state index in [0.29, 0.717) is 0 Å². The third kappa shape index (κ3) is 3.44. The SMILES string of the molecule is C/C=C(\Cc1ccccc1)NC(C)=O. The lowest BCUT2D eigenvalue weighted by Crippen LogP contribution is -2.20. The van der Waals surface area contributed by atoms with Gasteiger partial charge in [-0.25, -0.2) is 0 Å². The maximum atomic E-state index is 10.9. The molecule has 1 N–H and O–H groups in total. The average molecular weight is 189 g/mol. The molecule has 1 rings (SSSR count). The van der Waals surface area contributed by atoms with Crippen LogP contribution >= 0.6 is 0 Å². The number of carbonyl (C=O) groups excluding carboxylic acids is 1. The monoisotopic (exact) mass is 189 g/mol. The number of carbonyl (C=O) groups is 1. The van der Waals surface area contributed by atoms with Gasteiger partial charge in [0, 0.05) is 19.0 Å². The molecule has 1 amide bonds. The van der Waals surface area contributed by atoms with Gasteiger partial charge in [0.25, 0.3) is 0 Å². The van der Waals surface area contributed by atoms with Crippen LogP contribution in [0, 0.1) is 0 Å². The molecule has 1 aromatic carbocycles. The summed E-state index contributed by atoms with van der Waals surface area (Å²) in [6.45, 7) is 3.45. The minimum Gasteiger partial charge on any atom is -0.330 e. The molecule has 0 heterocycles. The van der Waals surface area contributed by atoms with Crippen LogP contribution in [-0.2, 0) is 11.2 Å². The molecular formula is C12H15NO. The van der Waals surface area contributed by atoms with E-state index in [1.54, 1.807) is 0 Å². The van der Waals surface area contributed by atoms with Gasteiger partial charge in [-0.2, -0.15) is 0 Å². The summed E-state index contributed by atoms with van der Waals surface area (Å²) >= 11 is 0. The Labute approximate surface area is 84.6 Å². The van der Waals surface area contributed by atoms with E-state index in [-0.39, 0.29) is 5.91 Å². The van der Waals surface area contributed by atoms with Crippen LogP contribution in [0.25, 0.3) is 0 Å². The second kappa shape index (κ2) is 5.22. The molecule has 0 aromatic heterocycles. The number of benzene rings is 1. The van der Waals surface area contributed by atoms with E-state index in [1.165, 1.54) is 12.5 Å². The smallest absolute Gasteiger partial charge is 0.220 e. The highest BCUT2D eigenvalue weighted by molar-refractivity contribution is 5.74. The summed E-state index contributed by atoms with van der Waals surface area (Å²) in [6.07, 6.45) is 2.70. The van der Waals surface area contributed by atoms with Crippen molar-refractivity contribution in [2.75, 3.05) is 0 Å². The minimum atomic E-state index is -0.0194. The van der Waals surface area contributed by atoms with E-state index in [1.807, 2.05) is 43.3 Å². The Morgan fingerprint density at radius 2 is 2.00 bits per heavy atom. The lowest BCUT2D eigenvalue weighted by Gasteiger charge is -2.07. The van der Waals surface area contributed by atoms with Crippen molar-refractivity contribution in [3.05, 3.63) is 47.7 Å². The number of rotatable bonds is 3. The summed E-state index contributed by atoms with van der Waals surface area (Å²) in [7, 11) is 0. The van der Waals surface area contributed by atoms with E-state index >= 15 is 0 Å². The number of hydrogen-bond acceptors (Lipinski definition) is 1. The topological polar surface area (TPSA) is 29.1 Å². The standard InChI is InChI=1S/C12H15NO/c1-3-12(13-10(2)14)9-11-7-5-4-6-8-11/h3-8H,9H2,1-2H3,(H,13,14)/b12-3+. The first-order chi connectivity index (χ1) is 6.72. The summed E-state index contributed by atoms with van der Waals surface area (Å²) in [4.78, 5) is 10.9. The predicted molar refractivity (Wildman–Crippen MR) is 57.7 cm³/mol. The van der Waals surface area contributed by atoms with Crippen molar-refractivity contribution in [3.63, 3.8) is 0 Å². The Kier molecular flexibility index (Phi) is 3.92. The molecule has 1 aromatic rings. The first-order valence-electron chi connectivity index (χ1n) is 4.69. The summed E-state index contributed by atoms with van der Waals surface area (Å²) < 4.78 is 0. The van der Waals surface area contributed by atoms with Crippen LogP contribution in [0.4, 0.5) is 0 Å². The Morgan fingerprint density at radius 3 is 2.50 bits per heavy atom. The van der Waals surface area contributed by atoms with Crippen molar-refractivity contribution >= 4 is 5.91 Å². The van der Waals surface area contributed by atoms with Gasteiger partial charge in [-0.1, -0.05) is 36.4 Å². The quantitative estimate of drug-likeness (QED) is 0.776. The van der Waals surface area contributed by atoms with Crippen LogP contribution in [0.2, 0.25) is 0 Å². The molecular weight excluding hydrogens is 174 g/mol. The van der Waals surface area contributed by atoms with Gasteiger partial charge in [-0.3, -0.25) is 4.79 Å². The highest BCUT2D eigenvalue weighted by Gasteiger charge is 1.99. The maximum absolute atomic E-state index is 10.9. The van der Waals surface area contributed by atoms with Gasteiger partial charge in [0.15, 0.2) is 0 Å². The Balaban J connectivity index is 2.63. The van der Waals surface area contributed by atoms with Crippen LogP contribution in [0.5, 0.6) is 0 Å². The average Bonchev–Trinajstić information content (AvgIpc) is 2.17. The van der Waals surface area contributed by atoms with Gasteiger partial charge in [0.2, 0.25) is 5.91 Å². The molecule has 0 aliphatic heterocycles. The number of hydrogen-bond donors (Lipinski definition) is 1. The Hall–Kier alpha value is -1.57. The predicted octanol–water partition coefficient (Wildman–Crippen LogP) is 2.27. The highest BCUT2D eigenvalue weighted by atomic mass is 16.1. The van der Waals surface area contributed by atoms with Gasteiger partial charge in [-0.05, 0) is 12.5 Å². The normalized spacial score (nSPS) is 11.1. The fraction of sp³-hybridized carbons (Fsp3) is 0.250. The molecule has 2 heteroatoms. The summed E-state index contributed by atoms with van der Waals surface area (Å²) in [5.41, 5.74) is 2.15. The first-order valence-corrected chi connectivity index (χ1v) is 4.69. The zero-order chi connectivity index (χ0) is 10.4. The number of amides is 1. The van der Waals surface area contributed by atoms with Crippen molar-refractivity contribution in [3.8, 4) is 0 Å². The maximum Gasteiger partial charge on any atom is 0.220 e. The van der Waals surface area contributed by atoms with Crippen molar-refractivity contribution in [2.24, 2.45) is 0 Å². The summed E-state index contributed by atoms with van der Waals surface area (Å²) in [5.74, 6) is -0.0194. The lowest BCUT2D eigenvalue weighted by atomic mass is 10.1. The molecule has 0 aliphatic rings. The van der Waals surface area contributed by atoms with E-state index in [0.717, 1.165) is 12.1 Å². The van der Waals surface area contributed by atoms with Crippen molar-refractivity contribution < 1.29 is 4.79 Å². The van der Waals surface area contributed by atoms with Crippen LogP contribution in [0.1, 0.15) is 19.4 Å². The molecule has 0 bridgehead atoms. The van der Waals surface area contributed by atoms with Crippen LogP contribution in [-0.4, -0.2) is 5.91 Å². The fourth-order valence-electron chi connectivity index (χ4n) is 1.26. The molecule has 0 radical (unpaired) electrons. The number of allylic oxidation sites excluding steroid dienone is 2. The molecule has 0 fully saturated rings. The molecule has 2 nitrogen and oxygen atoms in total. The minimum absolute atomic E-state index is 0.0194. The van der Waals surface area contributed by atoms with Crippen LogP contribution in [0.3, 0.4) is 0 Å². The zero-order valence-electron chi connectivity index (χ0n) is 8.58. The number of nitrogens with one attached hydrogen (secondary N) is 1. The third-order valence-electron chi connectivity index (χ3n) is 1.92.